The third-order valence-corrected chi connectivity index (χ3v) is 3.03. The molecule has 1 rings (SSSR count). The zero-order valence-corrected chi connectivity index (χ0v) is 12.2. The van der Waals surface area contributed by atoms with E-state index in [1.54, 1.807) is 0 Å². The van der Waals surface area contributed by atoms with Crippen molar-refractivity contribution in [1.82, 2.24) is 10.2 Å². The van der Waals surface area contributed by atoms with E-state index >= 15 is 0 Å². The molecule has 0 aromatic heterocycles. The van der Waals surface area contributed by atoms with Crippen molar-refractivity contribution < 1.29 is 4.79 Å². The van der Waals surface area contributed by atoms with Gasteiger partial charge in [0, 0.05) is 17.6 Å². The van der Waals surface area contributed by atoms with E-state index in [9.17, 15) is 4.79 Å². The highest BCUT2D eigenvalue weighted by molar-refractivity contribution is 6.30. The molecule has 0 saturated carbocycles. The number of nitrogens with zero attached hydrogens (tertiary/aromatic N) is 1. The Labute approximate surface area is 114 Å². The number of carbonyl (C=O) groups excluding carboxylic acids is 1. The van der Waals surface area contributed by atoms with Gasteiger partial charge < -0.3 is 5.32 Å². The second kappa shape index (κ2) is 6.76. The highest BCUT2D eigenvalue weighted by Gasteiger charge is 2.18. The summed E-state index contributed by atoms with van der Waals surface area (Å²) in [5, 5.41) is 3.64. The number of rotatable bonds is 5. The standard InChI is InChI=1S/C14H21ClN2O/c1-10(2)16-14(18)11(3)17(4)9-12-6-5-7-13(15)8-12/h5-8,10-11H,9H2,1-4H3,(H,16,18). The van der Waals surface area contributed by atoms with Crippen molar-refractivity contribution in [1.29, 1.82) is 0 Å². The van der Waals surface area contributed by atoms with Crippen LogP contribution in [0.25, 0.3) is 0 Å². The Morgan fingerprint density at radius 2 is 2.06 bits per heavy atom. The second-order valence-electron chi connectivity index (χ2n) is 4.88. The summed E-state index contributed by atoms with van der Waals surface area (Å²) in [7, 11) is 1.94. The average molecular weight is 269 g/mol. The van der Waals surface area contributed by atoms with E-state index in [0.29, 0.717) is 6.54 Å². The molecule has 4 heteroatoms. The minimum Gasteiger partial charge on any atom is -0.353 e. The van der Waals surface area contributed by atoms with Crippen LogP contribution in [0.15, 0.2) is 24.3 Å². The summed E-state index contributed by atoms with van der Waals surface area (Å²) in [6.07, 6.45) is 0. The first-order chi connectivity index (χ1) is 8.40. The summed E-state index contributed by atoms with van der Waals surface area (Å²) in [6.45, 7) is 6.53. The molecule has 0 fully saturated rings. The summed E-state index contributed by atoms with van der Waals surface area (Å²) in [5.74, 6) is 0.0505. The fourth-order valence-electron chi connectivity index (χ4n) is 1.67. The molecule has 1 aromatic rings. The van der Waals surface area contributed by atoms with Crippen LogP contribution in [0.1, 0.15) is 26.3 Å². The van der Waals surface area contributed by atoms with E-state index < -0.39 is 0 Å². The predicted octanol–water partition coefficient (Wildman–Crippen LogP) is 2.68. The molecule has 0 heterocycles. The smallest absolute Gasteiger partial charge is 0.237 e. The van der Waals surface area contributed by atoms with Gasteiger partial charge in [0.25, 0.3) is 0 Å². The van der Waals surface area contributed by atoms with Gasteiger partial charge in [0.2, 0.25) is 5.91 Å². The lowest BCUT2D eigenvalue weighted by Gasteiger charge is -2.24. The van der Waals surface area contributed by atoms with Gasteiger partial charge in [-0.1, -0.05) is 23.7 Å². The van der Waals surface area contributed by atoms with E-state index in [-0.39, 0.29) is 18.0 Å². The third-order valence-electron chi connectivity index (χ3n) is 2.79. The summed E-state index contributed by atoms with van der Waals surface area (Å²) in [5.41, 5.74) is 1.11. The molecule has 1 atom stereocenters. The van der Waals surface area contributed by atoms with Crippen molar-refractivity contribution in [3.8, 4) is 0 Å². The SMILES string of the molecule is CC(C)NC(=O)C(C)N(C)Cc1cccc(Cl)c1. The molecule has 0 aliphatic carbocycles. The Bertz CT molecular complexity index is 407. The first kappa shape index (κ1) is 15.0. The van der Waals surface area contributed by atoms with E-state index in [2.05, 4.69) is 5.32 Å². The molecular weight excluding hydrogens is 248 g/mol. The Kier molecular flexibility index (Phi) is 5.63. The molecule has 18 heavy (non-hydrogen) atoms. The monoisotopic (exact) mass is 268 g/mol. The number of likely N-dealkylation sites (N-methyl/N-ethyl adjacent to an activating group) is 1. The van der Waals surface area contributed by atoms with E-state index in [4.69, 9.17) is 11.6 Å². The lowest BCUT2D eigenvalue weighted by Crippen LogP contribution is -2.45. The number of hydrogen-bond acceptors (Lipinski definition) is 2. The highest BCUT2D eigenvalue weighted by atomic mass is 35.5. The molecule has 1 aromatic carbocycles. The number of amides is 1. The summed E-state index contributed by atoms with van der Waals surface area (Å²) in [4.78, 5) is 13.9. The molecule has 1 amide bonds. The van der Waals surface area contributed by atoms with Crippen LogP contribution in [0, 0.1) is 0 Å². The highest BCUT2D eigenvalue weighted by Crippen LogP contribution is 2.13. The fourth-order valence-corrected chi connectivity index (χ4v) is 1.88. The molecule has 0 radical (unpaired) electrons. The molecule has 0 bridgehead atoms. The lowest BCUT2D eigenvalue weighted by molar-refractivity contribution is -0.126. The van der Waals surface area contributed by atoms with E-state index in [1.165, 1.54) is 0 Å². The van der Waals surface area contributed by atoms with Crippen LogP contribution >= 0.6 is 11.6 Å². The quantitative estimate of drug-likeness (QED) is 0.891. The number of nitrogens with one attached hydrogen (secondary N) is 1. The zero-order valence-electron chi connectivity index (χ0n) is 11.4. The molecule has 3 nitrogen and oxygen atoms in total. The summed E-state index contributed by atoms with van der Waals surface area (Å²) < 4.78 is 0. The molecule has 1 unspecified atom stereocenters. The van der Waals surface area contributed by atoms with Crippen LogP contribution in [-0.2, 0) is 11.3 Å². The predicted molar refractivity (Wildman–Crippen MR) is 75.7 cm³/mol. The van der Waals surface area contributed by atoms with Gasteiger partial charge >= 0.3 is 0 Å². The number of hydrogen-bond donors (Lipinski definition) is 1. The molecule has 0 aliphatic rings. The third kappa shape index (κ3) is 4.67. The van der Waals surface area contributed by atoms with Crippen LogP contribution < -0.4 is 5.32 Å². The van der Waals surface area contributed by atoms with Crippen molar-refractivity contribution in [2.45, 2.75) is 39.4 Å². The lowest BCUT2D eigenvalue weighted by atomic mass is 10.2. The van der Waals surface area contributed by atoms with E-state index in [0.717, 1.165) is 10.6 Å². The van der Waals surface area contributed by atoms with Crippen molar-refractivity contribution in [3.05, 3.63) is 34.9 Å². The van der Waals surface area contributed by atoms with Gasteiger partial charge in [0.1, 0.15) is 0 Å². The zero-order chi connectivity index (χ0) is 13.7. The molecule has 1 N–H and O–H groups in total. The van der Waals surface area contributed by atoms with Gasteiger partial charge in [-0.15, -0.1) is 0 Å². The minimum absolute atomic E-state index is 0.0505. The first-order valence-corrected chi connectivity index (χ1v) is 6.53. The molecule has 0 aliphatic heterocycles. The van der Waals surface area contributed by atoms with Crippen LogP contribution in [0.3, 0.4) is 0 Å². The van der Waals surface area contributed by atoms with Crippen molar-refractivity contribution in [3.63, 3.8) is 0 Å². The van der Waals surface area contributed by atoms with Crippen LogP contribution in [0.2, 0.25) is 5.02 Å². The molecule has 100 valence electrons. The second-order valence-corrected chi connectivity index (χ2v) is 5.32. The van der Waals surface area contributed by atoms with Crippen LogP contribution in [-0.4, -0.2) is 29.9 Å². The van der Waals surface area contributed by atoms with Gasteiger partial charge in [-0.2, -0.15) is 0 Å². The number of carbonyl (C=O) groups is 1. The van der Waals surface area contributed by atoms with Crippen molar-refractivity contribution in [2.24, 2.45) is 0 Å². The van der Waals surface area contributed by atoms with Crippen LogP contribution in [0.4, 0.5) is 0 Å². The van der Waals surface area contributed by atoms with Crippen molar-refractivity contribution in [2.75, 3.05) is 7.05 Å². The first-order valence-electron chi connectivity index (χ1n) is 6.15. The van der Waals surface area contributed by atoms with Gasteiger partial charge in [0.15, 0.2) is 0 Å². The summed E-state index contributed by atoms with van der Waals surface area (Å²) >= 11 is 5.94. The molecular formula is C14H21ClN2O. The Morgan fingerprint density at radius 1 is 1.39 bits per heavy atom. The van der Waals surface area contributed by atoms with E-state index in [1.807, 2.05) is 57.0 Å². The Hall–Kier alpha value is -1.06. The van der Waals surface area contributed by atoms with Gasteiger partial charge in [-0.3, -0.25) is 9.69 Å². The average Bonchev–Trinajstić information content (AvgIpc) is 2.27. The number of benzene rings is 1. The van der Waals surface area contributed by atoms with Gasteiger partial charge in [-0.25, -0.2) is 0 Å². The van der Waals surface area contributed by atoms with Crippen molar-refractivity contribution >= 4 is 17.5 Å². The van der Waals surface area contributed by atoms with Gasteiger partial charge in [-0.05, 0) is 45.5 Å². The number of halogens is 1. The largest absolute Gasteiger partial charge is 0.353 e. The van der Waals surface area contributed by atoms with Crippen LogP contribution in [0.5, 0.6) is 0 Å². The fraction of sp³-hybridized carbons (Fsp3) is 0.500. The minimum atomic E-state index is -0.161. The topological polar surface area (TPSA) is 32.3 Å². The Balaban J connectivity index is 2.59. The molecule has 0 spiro atoms. The summed E-state index contributed by atoms with van der Waals surface area (Å²) in [6, 6.07) is 7.70. The maximum atomic E-state index is 11.9. The maximum Gasteiger partial charge on any atom is 0.237 e. The normalized spacial score (nSPS) is 12.8. The maximum absolute atomic E-state index is 11.9. The van der Waals surface area contributed by atoms with Gasteiger partial charge in [0.05, 0.1) is 6.04 Å². The Morgan fingerprint density at radius 3 is 2.61 bits per heavy atom. The molecule has 0 saturated heterocycles.